The predicted molar refractivity (Wildman–Crippen MR) is 93.2 cm³/mol. The number of aryl methyl sites for hydroxylation is 2. The first kappa shape index (κ1) is 17.5. The third-order valence-corrected chi connectivity index (χ3v) is 4.86. The van der Waals surface area contributed by atoms with Crippen molar-refractivity contribution in [1.82, 2.24) is 15.1 Å². The summed E-state index contributed by atoms with van der Waals surface area (Å²) in [7, 11) is 1.44. The minimum absolute atomic E-state index is 0.0823. The smallest absolute Gasteiger partial charge is 0.222 e. The lowest BCUT2D eigenvalue weighted by Crippen LogP contribution is -2.38. The van der Waals surface area contributed by atoms with Crippen molar-refractivity contribution in [3.05, 3.63) is 47.0 Å². The Balaban J connectivity index is 1.51. The number of ether oxygens (including phenoxy) is 1. The average molecular weight is 345 g/mol. The number of carbonyl (C=O) groups is 1. The van der Waals surface area contributed by atoms with E-state index in [2.05, 4.69) is 16.3 Å². The maximum atomic E-state index is 14.1. The van der Waals surface area contributed by atoms with Gasteiger partial charge < -0.3 is 9.64 Å². The molecule has 1 amide bonds. The number of benzene rings is 1. The summed E-state index contributed by atoms with van der Waals surface area (Å²) in [5, 5.41) is 7.31. The van der Waals surface area contributed by atoms with Gasteiger partial charge in [-0.25, -0.2) is 4.39 Å². The van der Waals surface area contributed by atoms with Crippen LogP contribution in [0, 0.1) is 12.7 Å². The SMILES string of the molecule is COc1cccc(CCC(=O)N2CCC(c3cc(C)[nH]n3)CC2)c1F. The molecule has 0 radical (unpaired) electrons. The van der Waals surface area contributed by atoms with Crippen molar-refractivity contribution >= 4 is 5.91 Å². The number of hydrogen-bond donors (Lipinski definition) is 1. The summed E-state index contributed by atoms with van der Waals surface area (Å²) in [4.78, 5) is 14.3. The van der Waals surface area contributed by atoms with Crippen LogP contribution in [0.2, 0.25) is 0 Å². The second-order valence-corrected chi connectivity index (χ2v) is 6.56. The molecule has 0 aliphatic carbocycles. The number of piperidine rings is 1. The third kappa shape index (κ3) is 4.00. The Kier molecular flexibility index (Phi) is 5.36. The number of H-pyrrole nitrogens is 1. The van der Waals surface area contributed by atoms with Crippen LogP contribution >= 0.6 is 0 Å². The van der Waals surface area contributed by atoms with E-state index in [1.165, 1.54) is 7.11 Å². The first-order valence-corrected chi connectivity index (χ1v) is 8.69. The van der Waals surface area contributed by atoms with Crippen LogP contribution in [0.5, 0.6) is 5.75 Å². The van der Waals surface area contributed by atoms with Gasteiger partial charge in [0.25, 0.3) is 0 Å². The number of rotatable bonds is 5. The Hall–Kier alpha value is -2.37. The molecule has 2 aromatic rings. The summed E-state index contributed by atoms with van der Waals surface area (Å²) in [5.41, 5.74) is 2.67. The fourth-order valence-electron chi connectivity index (χ4n) is 3.38. The number of aromatic nitrogens is 2. The Morgan fingerprint density at radius 2 is 2.16 bits per heavy atom. The van der Waals surface area contributed by atoms with Gasteiger partial charge in [-0.1, -0.05) is 12.1 Å². The van der Waals surface area contributed by atoms with Gasteiger partial charge in [0, 0.05) is 31.1 Å². The summed E-state index contributed by atoms with van der Waals surface area (Å²) in [6.07, 6.45) is 2.55. The van der Waals surface area contributed by atoms with Crippen molar-refractivity contribution in [3.8, 4) is 5.75 Å². The molecule has 1 aliphatic rings. The molecule has 1 fully saturated rings. The van der Waals surface area contributed by atoms with E-state index in [4.69, 9.17) is 4.74 Å². The summed E-state index contributed by atoms with van der Waals surface area (Å²) in [6.45, 7) is 3.46. The van der Waals surface area contributed by atoms with Crippen molar-refractivity contribution in [2.45, 2.75) is 38.5 Å². The molecule has 0 bridgehead atoms. The molecular weight excluding hydrogens is 321 g/mol. The molecule has 0 atom stereocenters. The van der Waals surface area contributed by atoms with Gasteiger partial charge >= 0.3 is 0 Å². The lowest BCUT2D eigenvalue weighted by atomic mass is 9.93. The number of nitrogens with one attached hydrogen (secondary N) is 1. The molecular formula is C19H24FN3O2. The van der Waals surface area contributed by atoms with Gasteiger partial charge in [0.15, 0.2) is 11.6 Å². The Morgan fingerprint density at radius 3 is 2.80 bits per heavy atom. The number of aromatic amines is 1. The van der Waals surface area contributed by atoms with Crippen LogP contribution < -0.4 is 4.74 Å². The van der Waals surface area contributed by atoms with Crippen molar-refractivity contribution in [1.29, 1.82) is 0 Å². The van der Waals surface area contributed by atoms with E-state index >= 15 is 0 Å². The molecule has 6 heteroatoms. The third-order valence-electron chi connectivity index (χ3n) is 4.86. The number of nitrogens with zero attached hydrogens (tertiary/aromatic N) is 2. The van der Waals surface area contributed by atoms with Crippen LogP contribution in [0.15, 0.2) is 24.3 Å². The molecule has 0 saturated carbocycles. The van der Waals surface area contributed by atoms with Gasteiger partial charge in [-0.15, -0.1) is 0 Å². The first-order chi connectivity index (χ1) is 12.1. The van der Waals surface area contributed by atoms with Gasteiger partial charge in [0.05, 0.1) is 12.8 Å². The summed E-state index contributed by atoms with van der Waals surface area (Å²) in [6, 6.07) is 7.12. The topological polar surface area (TPSA) is 58.2 Å². The maximum Gasteiger partial charge on any atom is 0.222 e. The monoisotopic (exact) mass is 345 g/mol. The largest absolute Gasteiger partial charge is 0.494 e. The molecule has 134 valence electrons. The Morgan fingerprint density at radius 1 is 1.40 bits per heavy atom. The zero-order valence-electron chi connectivity index (χ0n) is 14.7. The van der Waals surface area contributed by atoms with E-state index in [1.807, 2.05) is 11.8 Å². The molecule has 0 spiro atoms. The minimum Gasteiger partial charge on any atom is -0.494 e. The van der Waals surface area contributed by atoms with E-state index in [0.29, 0.717) is 24.3 Å². The second-order valence-electron chi connectivity index (χ2n) is 6.56. The number of carbonyl (C=O) groups excluding carboxylic acids is 1. The molecule has 1 N–H and O–H groups in total. The lowest BCUT2D eigenvalue weighted by molar-refractivity contribution is -0.132. The fourth-order valence-corrected chi connectivity index (χ4v) is 3.38. The van der Waals surface area contributed by atoms with Gasteiger partial charge in [-0.2, -0.15) is 5.10 Å². The zero-order chi connectivity index (χ0) is 17.8. The van der Waals surface area contributed by atoms with Crippen LogP contribution in [0.1, 0.15) is 42.1 Å². The van der Waals surface area contributed by atoms with Gasteiger partial charge in [-0.05, 0) is 43.9 Å². The maximum absolute atomic E-state index is 14.1. The van der Waals surface area contributed by atoms with E-state index in [9.17, 15) is 9.18 Å². The highest BCUT2D eigenvalue weighted by Gasteiger charge is 2.25. The molecule has 2 heterocycles. The lowest BCUT2D eigenvalue weighted by Gasteiger charge is -2.31. The second kappa shape index (κ2) is 7.68. The fraction of sp³-hybridized carbons (Fsp3) is 0.474. The van der Waals surface area contributed by atoms with Gasteiger partial charge in [0.1, 0.15) is 0 Å². The van der Waals surface area contributed by atoms with Crippen LogP contribution in [-0.2, 0) is 11.2 Å². The van der Waals surface area contributed by atoms with Gasteiger partial charge in [0.2, 0.25) is 5.91 Å². The van der Waals surface area contributed by atoms with Crippen LogP contribution in [0.25, 0.3) is 0 Å². The molecule has 1 aromatic heterocycles. The highest BCUT2D eigenvalue weighted by Crippen LogP contribution is 2.27. The van der Waals surface area contributed by atoms with Crippen molar-refractivity contribution in [2.75, 3.05) is 20.2 Å². The molecule has 25 heavy (non-hydrogen) atoms. The standard InChI is InChI=1S/C19H24FN3O2/c1-13-12-16(22-21-13)14-8-10-23(11-9-14)18(24)7-6-15-4-3-5-17(25-2)19(15)20/h3-5,12,14H,6-11H2,1-2H3,(H,21,22). The van der Waals surface area contributed by atoms with E-state index in [1.54, 1.807) is 18.2 Å². The van der Waals surface area contributed by atoms with Crippen molar-refractivity contribution < 1.29 is 13.9 Å². The van der Waals surface area contributed by atoms with Crippen molar-refractivity contribution in [2.24, 2.45) is 0 Å². The average Bonchev–Trinajstić information content (AvgIpc) is 3.07. The summed E-state index contributed by atoms with van der Waals surface area (Å²) >= 11 is 0. The van der Waals surface area contributed by atoms with Crippen LogP contribution in [-0.4, -0.2) is 41.2 Å². The first-order valence-electron chi connectivity index (χ1n) is 8.69. The number of amides is 1. The zero-order valence-corrected chi connectivity index (χ0v) is 14.7. The van der Waals surface area contributed by atoms with Crippen LogP contribution in [0.3, 0.4) is 0 Å². The molecule has 1 aliphatic heterocycles. The van der Waals surface area contributed by atoms with Crippen LogP contribution in [0.4, 0.5) is 4.39 Å². The van der Waals surface area contributed by atoms with Gasteiger partial charge in [-0.3, -0.25) is 9.89 Å². The Labute approximate surface area is 147 Å². The number of methoxy groups -OCH3 is 1. The molecule has 1 aromatic carbocycles. The highest BCUT2D eigenvalue weighted by atomic mass is 19.1. The highest BCUT2D eigenvalue weighted by molar-refractivity contribution is 5.76. The minimum atomic E-state index is -0.370. The molecule has 5 nitrogen and oxygen atoms in total. The molecule has 1 saturated heterocycles. The normalized spacial score (nSPS) is 15.4. The summed E-state index contributed by atoms with van der Waals surface area (Å²) in [5.74, 6) is 0.342. The number of halogens is 1. The Bertz CT molecular complexity index is 736. The number of hydrogen-bond acceptors (Lipinski definition) is 3. The van der Waals surface area contributed by atoms with E-state index < -0.39 is 0 Å². The quantitative estimate of drug-likeness (QED) is 0.905. The molecule has 0 unspecified atom stereocenters. The number of likely N-dealkylation sites (tertiary alicyclic amines) is 1. The summed E-state index contributed by atoms with van der Waals surface area (Å²) < 4.78 is 19.1. The van der Waals surface area contributed by atoms with E-state index in [0.717, 1.165) is 37.3 Å². The van der Waals surface area contributed by atoms with E-state index in [-0.39, 0.29) is 17.5 Å². The predicted octanol–water partition coefficient (Wildman–Crippen LogP) is 3.20. The molecule has 3 rings (SSSR count). The van der Waals surface area contributed by atoms with Crippen molar-refractivity contribution in [3.63, 3.8) is 0 Å².